The van der Waals surface area contributed by atoms with Gasteiger partial charge in [-0.2, -0.15) is 4.58 Å². The van der Waals surface area contributed by atoms with Crippen LogP contribution in [0.25, 0.3) is 23.4 Å². The van der Waals surface area contributed by atoms with Gasteiger partial charge in [0.05, 0.1) is 5.41 Å². The Morgan fingerprint density at radius 3 is 2.49 bits per heavy atom. The Hall–Kier alpha value is -4.70. The van der Waals surface area contributed by atoms with Gasteiger partial charge in [-0.25, -0.2) is 0 Å². The van der Waals surface area contributed by atoms with Gasteiger partial charge in [-0.1, -0.05) is 94.1 Å². The van der Waals surface area contributed by atoms with E-state index >= 15 is 0 Å². The zero-order valence-electron chi connectivity index (χ0n) is 30.0. The summed E-state index contributed by atoms with van der Waals surface area (Å²) in [5.41, 5.74) is 10.2. The van der Waals surface area contributed by atoms with Crippen LogP contribution >= 0.6 is 0 Å². The molecule has 0 saturated heterocycles. The molecule has 0 spiro atoms. The van der Waals surface area contributed by atoms with Crippen LogP contribution in [0.15, 0.2) is 108 Å². The third-order valence-corrected chi connectivity index (χ3v) is 10.8. The average molecular weight is 652 g/mol. The molecule has 49 heavy (non-hydrogen) atoms. The normalized spacial score (nSPS) is 20.1. The second kappa shape index (κ2) is 13.7. The lowest BCUT2D eigenvalue weighted by Crippen LogP contribution is -2.33. The molecule has 0 fully saturated rings. The van der Waals surface area contributed by atoms with E-state index in [-0.39, 0.29) is 17.3 Å². The lowest BCUT2D eigenvalue weighted by Gasteiger charge is -2.27. The molecule has 3 aliphatic rings. The zero-order valence-corrected chi connectivity index (χ0v) is 30.0. The highest BCUT2D eigenvalue weighted by Gasteiger charge is 2.44. The van der Waals surface area contributed by atoms with Crippen molar-refractivity contribution in [2.75, 3.05) is 18.5 Å². The molecule has 0 bridgehead atoms. The van der Waals surface area contributed by atoms with E-state index in [0.29, 0.717) is 6.42 Å². The van der Waals surface area contributed by atoms with Crippen LogP contribution in [0.2, 0.25) is 0 Å². The molecule has 4 heteroatoms. The summed E-state index contributed by atoms with van der Waals surface area (Å²) in [4.78, 5) is 13.5. The maximum Gasteiger partial charge on any atom is 0.303 e. The Kier molecular flexibility index (Phi) is 9.53. The van der Waals surface area contributed by atoms with E-state index in [1.807, 2.05) is 6.08 Å². The minimum atomic E-state index is -0.724. The van der Waals surface area contributed by atoms with E-state index in [9.17, 15) is 4.79 Å². The first-order chi connectivity index (χ1) is 23.4. The summed E-state index contributed by atoms with van der Waals surface area (Å²) in [6, 6.07) is 17.5. The van der Waals surface area contributed by atoms with Crippen molar-refractivity contribution >= 4 is 46.5 Å². The molecule has 0 aromatic heterocycles. The molecule has 0 unspecified atom stereocenters. The minimum absolute atomic E-state index is 0.102. The molecular formula is C45H51N2O2+. The Morgan fingerprint density at radius 2 is 1.71 bits per heavy atom. The molecule has 0 saturated carbocycles. The topological polar surface area (TPSA) is 43.6 Å². The number of rotatable bonds is 10. The fraction of sp³-hybridized carbons (Fsp3) is 0.333. The summed E-state index contributed by atoms with van der Waals surface area (Å²) in [6.45, 7) is 18.5. The maximum absolute atomic E-state index is 11.1. The molecule has 1 aliphatic carbocycles. The second-order valence-electron chi connectivity index (χ2n) is 14.9. The van der Waals surface area contributed by atoms with Crippen LogP contribution in [-0.2, 0) is 15.6 Å². The lowest BCUT2D eigenvalue weighted by atomic mass is 9.79. The van der Waals surface area contributed by atoms with Crippen molar-refractivity contribution in [3.8, 4) is 0 Å². The molecule has 252 valence electrons. The van der Waals surface area contributed by atoms with E-state index < -0.39 is 5.97 Å². The largest absolute Gasteiger partial charge is 0.481 e. The van der Waals surface area contributed by atoms with E-state index in [1.165, 1.54) is 55.8 Å². The van der Waals surface area contributed by atoms with Crippen molar-refractivity contribution in [2.45, 2.75) is 83.5 Å². The quantitative estimate of drug-likeness (QED) is 0.176. The molecule has 4 nitrogen and oxygen atoms in total. The van der Waals surface area contributed by atoms with Crippen LogP contribution in [0.4, 0.5) is 11.4 Å². The number of fused-ring (bicyclic) bond motifs is 4. The first-order valence-electron chi connectivity index (χ1n) is 17.8. The van der Waals surface area contributed by atoms with E-state index in [2.05, 4.69) is 142 Å². The second-order valence-corrected chi connectivity index (χ2v) is 14.9. The number of carboxylic acid groups (broad SMARTS) is 1. The molecule has 0 radical (unpaired) electrons. The Labute approximate surface area is 292 Å². The summed E-state index contributed by atoms with van der Waals surface area (Å²) in [5.74, 6) is -0.724. The van der Waals surface area contributed by atoms with Gasteiger partial charge in [0.15, 0.2) is 5.71 Å². The van der Waals surface area contributed by atoms with Crippen molar-refractivity contribution < 1.29 is 14.5 Å². The fourth-order valence-corrected chi connectivity index (χ4v) is 8.41. The van der Waals surface area contributed by atoms with Gasteiger partial charge in [0.1, 0.15) is 7.05 Å². The highest BCUT2D eigenvalue weighted by molar-refractivity contribution is 6.07. The van der Waals surface area contributed by atoms with Crippen LogP contribution in [0, 0.1) is 0 Å². The Balaban J connectivity index is 1.31. The molecule has 0 atom stereocenters. The Morgan fingerprint density at radius 1 is 0.918 bits per heavy atom. The fourth-order valence-electron chi connectivity index (χ4n) is 8.41. The van der Waals surface area contributed by atoms with Gasteiger partial charge in [-0.05, 0) is 102 Å². The van der Waals surface area contributed by atoms with Gasteiger partial charge in [0.25, 0.3) is 0 Å². The number of benzene rings is 3. The molecular weight excluding hydrogens is 601 g/mol. The smallest absolute Gasteiger partial charge is 0.303 e. The molecule has 2 aliphatic heterocycles. The van der Waals surface area contributed by atoms with Crippen LogP contribution < -0.4 is 15.3 Å². The number of anilines is 1. The predicted molar refractivity (Wildman–Crippen MR) is 207 cm³/mol. The van der Waals surface area contributed by atoms with Crippen molar-refractivity contribution in [1.29, 1.82) is 0 Å². The number of carbonyl (C=O) groups is 1. The first kappa shape index (κ1) is 34.2. The van der Waals surface area contributed by atoms with Crippen molar-refractivity contribution in [3.63, 3.8) is 0 Å². The summed E-state index contributed by atoms with van der Waals surface area (Å²) in [6.07, 6.45) is 21.7. The number of unbranched alkanes of at least 4 members (excludes halogenated alkanes) is 2. The molecule has 3 aromatic carbocycles. The maximum atomic E-state index is 11.1. The monoisotopic (exact) mass is 651 g/mol. The zero-order chi connectivity index (χ0) is 34.9. The van der Waals surface area contributed by atoms with Gasteiger partial charge >= 0.3 is 5.97 Å². The number of nitrogens with zero attached hydrogens (tertiary/aromatic N) is 2. The van der Waals surface area contributed by atoms with Gasteiger partial charge < -0.3 is 10.0 Å². The van der Waals surface area contributed by atoms with Gasteiger partial charge in [-0.15, -0.1) is 0 Å². The van der Waals surface area contributed by atoms with Crippen LogP contribution in [-0.4, -0.2) is 35.0 Å². The van der Waals surface area contributed by atoms with Gasteiger partial charge in [-0.3, -0.25) is 4.79 Å². The van der Waals surface area contributed by atoms with E-state index in [1.54, 1.807) is 0 Å². The van der Waals surface area contributed by atoms with Crippen molar-refractivity contribution in [1.82, 2.24) is 0 Å². The average Bonchev–Trinajstić information content (AvgIpc) is 3.41. The van der Waals surface area contributed by atoms with Crippen LogP contribution in [0.3, 0.4) is 0 Å². The predicted octanol–water partition coefficient (Wildman–Crippen LogP) is 9.14. The van der Waals surface area contributed by atoms with Gasteiger partial charge in [0.2, 0.25) is 5.69 Å². The van der Waals surface area contributed by atoms with E-state index in [0.717, 1.165) is 49.1 Å². The molecule has 1 N–H and O–H groups in total. The molecule has 2 heterocycles. The number of carboxylic acids is 1. The number of hydrogen-bond donors (Lipinski definition) is 1. The summed E-state index contributed by atoms with van der Waals surface area (Å²) >= 11 is 0. The summed E-state index contributed by atoms with van der Waals surface area (Å²) < 4.78 is 2.37. The lowest BCUT2D eigenvalue weighted by molar-refractivity contribution is -0.401. The van der Waals surface area contributed by atoms with Gasteiger partial charge in [0, 0.05) is 47.5 Å². The van der Waals surface area contributed by atoms with E-state index in [4.69, 9.17) is 5.11 Å². The third-order valence-electron chi connectivity index (χ3n) is 10.8. The van der Waals surface area contributed by atoms with Crippen LogP contribution in [0.1, 0.15) is 83.8 Å². The highest BCUT2D eigenvalue weighted by atomic mass is 16.4. The number of aliphatic carboxylic acids is 1. The standard InChI is InChI=1S/C45H50N2O2/c1-8-15-35-31(2)21-25-38-42(35)45(5,6)40(47(38)29-13-9-10-20-41(48)49)28-23-33-17-14-16-32(30-33)22-27-39-44(3,4)43-36-19-12-11-18-34(36)24-26-37(43)46(39)7/h8,11-12,15,18-19,21-28,30H,1-2,9-10,13-14,16-17,20,29H2,3-7H3/p+1/b35-15+. The molecule has 6 rings (SSSR count). The number of hydrogen-bond acceptors (Lipinski definition) is 2. The summed E-state index contributed by atoms with van der Waals surface area (Å²) in [7, 11) is 2.20. The molecule has 3 aromatic rings. The Bertz CT molecular complexity index is 2100. The summed E-state index contributed by atoms with van der Waals surface area (Å²) in [5, 5.41) is 13.9. The number of allylic oxidation sites excluding steroid dienone is 9. The van der Waals surface area contributed by atoms with Crippen LogP contribution in [0.5, 0.6) is 0 Å². The minimum Gasteiger partial charge on any atom is -0.481 e. The first-order valence-corrected chi connectivity index (χ1v) is 17.8. The van der Waals surface area contributed by atoms with Crippen molar-refractivity contribution in [3.05, 3.63) is 130 Å². The van der Waals surface area contributed by atoms with Crippen molar-refractivity contribution in [2.24, 2.45) is 0 Å². The molecule has 0 amide bonds. The SMILES string of the molecule is C=C/C=c1/c2c(ccc1=C)N(CCCCCC(=O)O)/C(=C\C=C1C=C(/C=C/C3=[N+](C)c4ccc5ccccc5c4C3(C)C)CCC\1)C2(C)C. The third kappa shape index (κ3) is 6.41. The highest BCUT2D eigenvalue weighted by Crippen LogP contribution is 2.46.